The summed E-state index contributed by atoms with van der Waals surface area (Å²) in [6.07, 6.45) is 1.38. The van der Waals surface area contributed by atoms with Crippen LogP contribution in [0, 0.1) is 13.8 Å². The molecule has 2 aromatic heterocycles. The number of anilines is 2. The van der Waals surface area contributed by atoms with Crippen LogP contribution in [0.3, 0.4) is 0 Å². The van der Waals surface area contributed by atoms with Gasteiger partial charge in [-0.1, -0.05) is 13.0 Å². The van der Waals surface area contributed by atoms with Crippen LogP contribution in [-0.2, 0) is 19.1 Å². The number of hydrogen-bond acceptors (Lipinski definition) is 10. The fourth-order valence-electron chi connectivity index (χ4n) is 3.91. The maximum atomic E-state index is 13.5. The van der Waals surface area contributed by atoms with Gasteiger partial charge >= 0.3 is 18.0 Å². The molecule has 0 atom stereocenters. The van der Waals surface area contributed by atoms with Crippen LogP contribution < -0.4 is 10.6 Å². The van der Waals surface area contributed by atoms with Crippen molar-refractivity contribution < 1.29 is 38.6 Å². The molecule has 1 aromatic carbocycles. The van der Waals surface area contributed by atoms with Crippen LogP contribution in [-0.4, -0.2) is 74.3 Å². The third-order valence-corrected chi connectivity index (χ3v) is 6.01. The number of ether oxygens (including phenoxy) is 2. The van der Waals surface area contributed by atoms with Crippen LogP contribution in [0.15, 0.2) is 30.7 Å². The van der Waals surface area contributed by atoms with Crippen molar-refractivity contribution in [3.05, 3.63) is 53.0 Å². The number of benzene rings is 1. The maximum absolute atomic E-state index is 13.5. The molecule has 41 heavy (non-hydrogen) atoms. The van der Waals surface area contributed by atoms with E-state index in [0.29, 0.717) is 41.1 Å². The minimum atomic E-state index is -1.17. The van der Waals surface area contributed by atoms with E-state index < -0.39 is 37.2 Å². The van der Waals surface area contributed by atoms with Gasteiger partial charge in [-0.15, -0.1) is 0 Å². The van der Waals surface area contributed by atoms with Crippen molar-refractivity contribution in [3.8, 4) is 0 Å². The minimum Gasteiger partial charge on any atom is -0.481 e. The van der Waals surface area contributed by atoms with Gasteiger partial charge in [-0.05, 0) is 50.5 Å². The van der Waals surface area contributed by atoms with Crippen molar-refractivity contribution in [1.29, 1.82) is 0 Å². The number of nitrogens with one attached hydrogen (secondary N) is 2. The number of nitrogens with zero attached hydrogens (tertiary/aromatic N) is 4. The molecular formula is C27H32N6O8. The molecule has 2 heterocycles. The molecule has 0 aliphatic rings. The zero-order valence-electron chi connectivity index (χ0n) is 23.2. The van der Waals surface area contributed by atoms with Gasteiger partial charge in [-0.3, -0.25) is 19.2 Å². The Labute approximate surface area is 235 Å². The highest BCUT2D eigenvalue weighted by Gasteiger charge is 2.28. The average Bonchev–Trinajstić information content (AvgIpc) is 3.28. The minimum absolute atomic E-state index is 0.0266. The number of aryl methyl sites for hydroxylation is 2. The van der Waals surface area contributed by atoms with Gasteiger partial charge in [0.15, 0.2) is 5.82 Å². The first-order chi connectivity index (χ1) is 19.6. The number of rotatable bonds is 12. The van der Waals surface area contributed by atoms with Crippen molar-refractivity contribution in [1.82, 2.24) is 24.8 Å². The lowest BCUT2D eigenvalue weighted by Gasteiger charge is -2.19. The first-order valence-electron chi connectivity index (χ1n) is 12.9. The number of carbonyl (C=O) groups excluding carboxylic acids is 4. The molecule has 3 aromatic rings. The number of fused-ring (bicyclic) bond motifs is 1. The molecule has 3 amide bonds. The monoisotopic (exact) mass is 568 g/mol. The Balaban J connectivity index is 1.83. The number of carboxylic acids is 1. The van der Waals surface area contributed by atoms with Gasteiger partial charge in [-0.25, -0.2) is 19.2 Å². The predicted octanol–water partition coefficient (Wildman–Crippen LogP) is 3.19. The number of hydrogen-bond donors (Lipinski definition) is 3. The molecule has 0 aliphatic heterocycles. The third kappa shape index (κ3) is 7.56. The summed E-state index contributed by atoms with van der Waals surface area (Å²) < 4.78 is 11.1. The Hall–Kier alpha value is -5.01. The third-order valence-electron chi connectivity index (χ3n) is 6.01. The second-order valence-corrected chi connectivity index (χ2v) is 8.98. The van der Waals surface area contributed by atoms with E-state index in [0.717, 1.165) is 10.5 Å². The largest absolute Gasteiger partial charge is 0.481 e. The highest BCUT2D eigenvalue weighted by Crippen LogP contribution is 2.28. The Bertz CT molecular complexity index is 1470. The van der Waals surface area contributed by atoms with E-state index in [1.807, 2.05) is 19.9 Å². The Morgan fingerprint density at radius 2 is 1.83 bits per heavy atom. The summed E-state index contributed by atoms with van der Waals surface area (Å²) >= 11 is 0. The van der Waals surface area contributed by atoms with Crippen LogP contribution in [0.5, 0.6) is 0 Å². The summed E-state index contributed by atoms with van der Waals surface area (Å²) in [6.45, 7) is 6.91. The molecule has 0 radical (unpaired) electrons. The summed E-state index contributed by atoms with van der Waals surface area (Å²) in [4.78, 5) is 65.9. The molecule has 0 aliphatic carbocycles. The maximum Gasteiger partial charge on any atom is 0.419 e. The van der Waals surface area contributed by atoms with Gasteiger partial charge in [0.05, 0.1) is 18.4 Å². The second kappa shape index (κ2) is 13.9. The number of imide groups is 1. The van der Waals surface area contributed by atoms with E-state index in [1.54, 1.807) is 26.0 Å². The van der Waals surface area contributed by atoms with Gasteiger partial charge < -0.3 is 25.2 Å². The molecule has 0 bridgehead atoms. The van der Waals surface area contributed by atoms with Crippen molar-refractivity contribution in [2.24, 2.45) is 0 Å². The summed E-state index contributed by atoms with van der Waals surface area (Å²) in [5.41, 5.74) is 3.10. The number of esters is 1. The van der Waals surface area contributed by atoms with Crippen LogP contribution >= 0.6 is 0 Å². The summed E-state index contributed by atoms with van der Waals surface area (Å²) in [5.74, 6) is -2.51. The molecule has 0 saturated heterocycles. The summed E-state index contributed by atoms with van der Waals surface area (Å²) in [5, 5.41) is 18.8. The quantitative estimate of drug-likeness (QED) is 0.215. The van der Waals surface area contributed by atoms with Crippen molar-refractivity contribution >= 4 is 46.9 Å². The number of aromatic nitrogens is 3. The van der Waals surface area contributed by atoms with Gasteiger partial charge in [0, 0.05) is 30.5 Å². The van der Waals surface area contributed by atoms with E-state index in [2.05, 4.69) is 20.7 Å². The number of amides is 3. The van der Waals surface area contributed by atoms with Crippen LogP contribution in [0.25, 0.3) is 5.52 Å². The molecule has 14 heteroatoms. The van der Waals surface area contributed by atoms with Gasteiger partial charge in [-0.2, -0.15) is 5.10 Å². The molecule has 3 N–H and O–H groups in total. The Morgan fingerprint density at radius 1 is 1.07 bits per heavy atom. The zero-order chi connectivity index (χ0) is 30.1. The first kappa shape index (κ1) is 30.5. The molecule has 0 saturated carbocycles. The lowest BCUT2D eigenvalue weighted by atomic mass is 10.1. The average molecular weight is 569 g/mol. The number of carboxylic acid groups (broad SMARTS) is 1. The fourth-order valence-corrected chi connectivity index (χ4v) is 3.91. The highest BCUT2D eigenvalue weighted by molar-refractivity contribution is 6.05. The van der Waals surface area contributed by atoms with Crippen LogP contribution in [0.1, 0.15) is 65.0 Å². The molecule has 14 nitrogen and oxygen atoms in total. The summed E-state index contributed by atoms with van der Waals surface area (Å²) in [7, 11) is 0. The number of aliphatic carboxylic acids is 1. The fraction of sp³-hybridized carbons (Fsp3) is 0.370. The normalized spacial score (nSPS) is 10.6. The molecule has 3 rings (SSSR count). The zero-order valence-corrected chi connectivity index (χ0v) is 23.2. The van der Waals surface area contributed by atoms with Crippen molar-refractivity contribution in [2.45, 2.75) is 47.0 Å². The van der Waals surface area contributed by atoms with Gasteiger partial charge in [0.2, 0.25) is 6.79 Å². The Morgan fingerprint density at radius 3 is 2.51 bits per heavy atom. The SMILES string of the molecule is CCCN(C(=O)OCOC(=O)CCC(=O)O)C(=O)c1cn2ncnc(Nc3cc(C(=O)NCC)ccc3C)c2c1C. The van der Waals surface area contributed by atoms with Crippen molar-refractivity contribution in [3.63, 3.8) is 0 Å². The van der Waals surface area contributed by atoms with E-state index in [1.165, 1.54) is 17.0 Å². The van der Waals surface area contributed by atoms with E-state index in [-0.39, 0.29) is 24.4 Å². The molecule has 0 unspecified atom stereocenters. The standard InChI is InChI=1S/C27H32N6O8/c1-5-11-32(27(39)41-15-40-22(36)10-9-21(34)35)26(38)19-13-33-23(17(19)4)24(29-14-30-33)31-20-12-18(8-7-16(20)3)25(37)28-6-2/h7-8,12-14H,5-6,9-11,15H2,1-4H3,(H,28,37)(H,34,35)(H,29,30,31). The molecule has 0 fully saturated rings. The molecule has 218 valence electrons. The molecular weight excluding hydrogens is 536 g/mol. The topological polar surface area (TPSA) is 182 Å². The van der Waals surface area contributed by atoms with E-state index >= 15 is 0 Å². The summed E-state index contributed by atoms with van der Waals surface area (Å²) in [6, 6.07) is 5.23. The predicted molar refractivity (Wildman–Crippen MR) is 146 cm³/mol. The van der Waals surface area contributed by atoms with Gasteiger partial charge in [0.1, 0.15) is 11.8 Å². The lowest BCUT2D eigenvalue weighted by Crippen LogP contribution is -2.38. The molecule has 0 spiro atoms. The van der Waals surface area contributed by atoms with E-state index in [4.69, 9.17) is 14.6 Å². The Kier molecular flexibility index (Phi) is 10.3. The van der Waals surface area contributed by atoms with Crippen LogP contribution in [0.4, 0.5) is 16.3 Å². The van der Waals surface area contributed by atoms with Gasteiger partial charge in [0.25, 0.3) is 11.8 Å². The smallest absolute Gasteiger partial charge is 0.419 e. The van der Waals surface area contributed by atoms with Crippen molar-refractivity contribution in [2.75, 3.05) is 25.2 Å². The first-order valence-corrected chi connectivity index (χ1v) is 12.9. The highest BCUT2D eigenvalue weighted by atomic mass is 16.7. The number of carbonyl (C=O) groups is 5. The lowest BCUT2D eigenvalue weighted by molar-refractivity contribution is -0.154. The second-order valence-electron chi connectivity index (χ2n) is 8.98. The van der Waals surface area contributed by atoms with Crippen LogP contribution in [0.2, 0.25) is 0 Å². The van der Waals surface area contributed by atoms with E-state index in [9.17, 15) is 24.0 Å².